The van der Waals surface area contributed by atoms with Gasteiger partial charge in [-0.05, 0) is 18.6 Å². The average Bonchev–Trinajstić information content (AvgIpc) is 3.12. The Balaban J connectivity index is 1.57. The first-order valence-corrected chi connectivity index (χ1v) is 9.31. The third-order valence-corrected chi connectivity index (χ3v) is 5.21. The van der Waals surface area contributed by atoms with E-state index in [4.69, 9.17) is 16.0 Å². The van der Waals surface area contributed by atoms with Crippen molar-refractivity contribution >= 4 is 28.8 Å². The fourth-order valence-corrected chi connectivity index (χ4v) is 3.68. The van der Waals surface area contributed by atoms with Crippen LogP contribution in [0.3, 0.4) is 0 Å². The molecule has 3 heterocycles. The minimum Gasteiger partial charge on any atom is -0.424 e. The van der Waals surface area contributed by atoms with Crippen molar-refractivity contribution in [2.24, 2.45) is 0 Å². The number of carbonyl (C=O) groups is 1. The van der Waals surface area contributed by atoms with Crippen LogP contribution in [0, 0.1) is 0 Å². The highest BCUT2D eigenvalue weighted by atomic mass is 35.5. The number of nitrogens with zero attached hydrogens (tertiary/aromatic N) is 4. The number of amides is 1. The number of halogens is 1. The van der Waals surface area contributed by atoms with Crippen molar-refractivity contribution in [2.45, 2.75) is 32.7 Å². The summed E-state index contributed by atoms with van der Waals surface area (Å²) in [5.74, 6) is 1.62. The molecular weight excluding hydrogens is 348 g/mol. The molecule has 0 radical (unpaired) electrons. The van der Waals surface area contributed by atoms with Gasteiger partial charge < -0.3 is 9.32 Å². The molecule has 0 aromatic carbocycles. The Bertz CT molecular complexity index is 700. The maximum absolute atomic E-state index is 12.5. The molecule has 0 N–H and O–H groups in total. The highest BCUT2D eigenvalue weighted by Crippen LogP contribution is 2.23. The van der Waals surface area contributed by atoms with Crippen LogP contribution in [0.15, 0.2) is 16.5 Å². The first-order valence-electron chi connectivity index (χ1n) is 8.12. The van der Waals surface area contributed by atoms with Gasteiger partial charge in [-0.2, -0.15) is 0 Å². The zero-order valence-electron chi connectivity index (χ0n) is 13.9. The smallest absolute Gasteiger partial charge is 0.264 e. The summed E-state index contributed by atoms with van der Waals surface area (Å²) < 4.78 is 6.32. The lowest BCUT2D eigenvalue weighted by Crippen LogP contribution is -2.34. The van der Waals surface area contributed by atoms with Gasteiger partial charge in [0.1, 0.15) is 0 Å². The molecule has 0 spiro atoms. The number of thiophene rings is 1. The molecule has 0 unspecified atom stereocenters. The van der Waals surface area contributed by atoms with Gasteiger partial charge in [-0.25, -0.2) is 0 Å². The number of carbonyl (C=O) groups excluding carboxylic acids is 1. The lowest BCUT2D eigenvalue weighted by atomic mass is 10.2. The Hall–Kier alpha value is -1.44. The van der Waals surface area contributed by atoms with E-state index in [2.05, 4.69) is 15.1 Å². The number of hydrogen-bond acceptors (Lipinski definition) is 6. The van der Waals surface area contributed by atoms with Crippen LogP contribution in [0.1, 0.15) is 47.6 Å². The van der Waals surface area contributed by atoms with E-state index in [1.807, 2.05) is 18.7 Å². The first-order chi connectivity index (χ1) is 11.5. The monoisotopic (exact) mass is 368 g/mol. The van der Waals surface area contributed by atoms with Gasteiger partial charge in [-0.3, -0.25) is 9.69 Å². The summed E-state index contributed by atoms with van der Waals surface area (Å²) in [5, 5.41) is 8.19. The zero-order valence-corrected chi connectivity index (χ0v) is 15.4. The second-order valence-electron chi connectivity index (χ2n) is 6.21. The molecule has 6 nitrogen and oxygen atoms in total. The minimum atomic E-state index is 0.0636. The molecule has 130 valence electrons. The van der Waals surface area contributed by atoms with Crippen LogP contribution >= 0.6 is 22.9 Å². The van der Waals surface area contributed by atoms with E-state index in [-0.39, 0.29) is 11.8 Å². The fraction of sp³-hybridized carbons (Fsp3) is 0.562. The quantitative estimate of drug-likeness (QED) is 0.828. The number of rotatable bonds is 4. The van der Waals surface area contributed by atoms with Crippen LogP contribution in [0.4, 0.5) is 0 Å². The topological polar surface area (TPSA) is 62.5 Å². The van der Waals surface area contributed by atoms with Gasteiger partial charge in [0, 0.05) is 32.1 Å². The molecule has 8 heteroatoms. The molecule has 1 aliphatic rings. The molecule has 0 bridgehead atoms. The highest BCUT2D eigenvalue weighted by Gasteiger charge is 2.22. The van der Waals surface area contributed by atoms with Crippen LogP contribution in [-0.2, 0) is 6.54 Å². The van der Waals surface area contributed by atoms with Gasteiger partial charge in [-0.1, -0.05) is 25.4 Å². The van der Waals surface area contributed by atoms with Crippen LogP contribution in [0.5, 0.6) is 0 Å². The summed E-state index contributed by atoms with van der Waals surface area (Å²) in [6, 6.07) is 3.56. The second-order valence-corrected chi connectivity index (χ2v) is 7.93. The Morgan fingerprint density at radius 1 is 1.29 bits per heavy atom. The van der Waals surface area contributed by atoms with Gasteiger partial charge in [-0.15, -0.1) is 21.5 Å². The summed E-state index contributed by atoms with van der Waals surface area (Å²) in [6.45, 7) is 7.85. The van der Waals surface area contributed by atoms with Crippen molar-refractivity contribution in [2.75, 3.05) is 26.2 Å². The lowest BCUT2D eigenvalue weighted by molar-refractivity contribution is 0.0765. The third-order valence-electron chi connectivity index (χ3n) is 3.99. The first kappa shape index (κ1) is 17.4. The standard InChI is InChI=1S/C16H21ClN4O2S/c1-11(2)15-19-18-14(23-15)10-20-6-3-7-21(9-8-20)16(22)12-4-5-13(17)24-12/h4-5,11H,3,6-10H2,1-2H3. The fourth-order valence-electron chi connectivity index (χ4n) is 2.67. The predicted molar refractivity (Wildman–Crippen MR) is 93.5 cm³/mol. The van der Waals surface area contributed by atoms with Gasteiger partial charge in [0.2, 0.25) is 11.8 Å². The van der Waals surface area contributed by atoms with Gasteiger partial charge in [0.05, 0.1) is 15.8 Å². The molecule has 1 amide bonds. The van der Waals surface area contributed by atoms with Crippen molar-refractivity contribution in [3.05, 3.63) is 33.1 Å². The van der Waals surface area contributed by atoms with Crippen LogP contribution < -0.4 is 0 Å². The van der Waals surface area contributed by atoms with E-state index in [1.54, 1.807) is 12.1 Å². The van der Waals surface area contributed by atoms with Crippen molar-refractivity contribution in [1.82, 2.24) is 20.0 Å². The van der Waals surface area contributed by atoms with Crippen molar-refractivity contribution in [1.29, 1.82) is 0 Å². The molecule has 1 saturated heterocycles. The molecule has 3 rings (SSSR count). The van der Waals surface area contributed by atoms with E-state index in [0.29, 0.717) is 34.1 Å². The third kappa shape index (κ3) is 4.15. The second kappa shape index (κ2) is 7.63. The maximum atomic E-state index is 12.5. The normalized spacial score (nSPS) is 16.6. The Morgan fingerprint density at radius 3 is 2.79 bits per heavy atom. The van der Waals surface area contributed by atoms with E-state index >= 15 is 0 Å². The van der Waals surface area contributed by atoms with Crippen molar-refractivity contribution in [3.8, 4) is 0 Å². The highest BCUT2D eigenvalue weighted by molar-refractivity contribution is 7.17. The molecule has 1 aliphatic heterocycles. The van der Waals surface area contributed by atoms with E-state index < -0.39 is 0 Å². The van der Waals surface area contributed by atoms with Crippen LogP contribution in [0.25, 0.3) is 0 Å². The lowest BCUT2D eigenvalue weighted by Gasteiger charge is -2.20. The van der Waals surface area contributed by atoms with Crippen LogP contribution in [0.2, 0.25) is 4.34 Å². The van der Waals surface area contributed by atoms with Gasteiger partial charge in [0.25, 0.3) is 5.91 Å². The van der Waals surface area contributed by atoms with Gasteiger partial charge in [0.15, 0.2) is 0 Å². The Kier molecular flexibility index (Phi) is 5.53. The summed E-state index contributed by atoms with van der Waals surface area (Å²) >= 11 is 7.26. The van der Waals surface area contributed by atoms with E-state index in [9.17, 15) is 4.79 Å². The minimum absolute atomic E-state index is 0.0636. The number of aromatic nitrogens is 2. The van der Waals surface area contributed by atoms with E-state index in [0.717, 1.165) is 26.1 Å². The molecule has 0 atom stereocenters. The summed E-state index contributed by atoms with van der Waals surface area (Å²) in [5.41, 5.74) is 0. The molecule has 2 aromatic heterocycles. The molecule has 0 aliphatic carbocycles. The molecule has 2 aromatic rings. The SMILES string of the molecule is CC(C)c1nnc(CN2CCCN(C(=O)c3ccc(Cl)s3)CC2)o1. The van der Waals surface area contributed by atoms with E-state index in [1.165, 1.54) is 11.3 Å². The Labute approximate surface area is 150 Å². The molecule has 24 heavy (non-hydrogen) atoms. The molecule has 0 saturated carbocycles. The molecule has 1 fully saturated rings. The predicted octanol–water partition coefficient (Wildman–Crippen LogP) is 3.26. The van der Waals surface area contributed by atoms with Crippen LogP contribution in [-0.4, -0.2) is 52.1 Å². The molecular formula is C16H21ClN4O2S. The number of hydrogen-bond donors (Lipinski definition) is 0. The zero-order chi connectivity index (χ0) is 17.1. The van der Waals surface area contributed by atoms with Crippen molar-refractivity contribution < 1.29 is 9.21 Å². The summed E-state index contributed by atoms with van der Waals surface area (Å²) in [4.78, 5) is 17.4. The summed E-state index contributed by atoms with van der Waals surface area (Å²) in [6.07, 6.45) is 0.927. The Morgan fingerprint density at radius 2 is 2.12 bits per heavy atom. The van der Waals surface area contributed by atoms with Crippen molar-refractivity contribution in [3.63, 3.8) is 0 Å². The maximum Gasteiger partial charge on any atom is 0.264 e. The summed E-state index contributed by atoms with van der Waals surface area (Å²) in [7, 11) is 0. The average molecular weight is 369 g/mol. The van der Waals surface area contributed by atoms with Gasteiger partial charge >= 0.3 is 0 Å². The largest absolute Gasteiger partial charge is 0.424 e.